The number of ether oxygens (including phenoxy) is 2. The Morgan fingerprint density at radius 1 is 1.17 bits per heavy atom. The summed E-state index contributed by atoms with van der Waals surface area (Å²) in [5, 5.41) is 0.137. The molecule has 0 N–H and O–H groups in total. The molecule has 0 fully saturated rings. The van der Waals surface area contributed by atoms with Gasteiger partial charge in [0.1, 0.15) is 23.6 Å². The van der Waals surface area contributed by atoms with Gasteiger partial charge in [-0.05, 0) is 12.1 Å². The summed E-state index contributed by atoms with van der Waals surface area (Å²) in [5.74, 6) is 0.195. The lowest BCUT2D eigenvalue weighted by molar-refractivity contribution is 0.409. The molecule has 0 aliphatic carbocycles. The van der Waals surface area contributed by atoms with Crippen molar-refractivity contribution in [1.82, 2.24) is 9.97 Å². The van der Waals surface area contributed by atoms with E-state index < -0.39 is 5.82 Å². The van der Waals surface area contributed by atoms with Crippen LogP contribution in [0, 0.1) is 5.82 Å². The summed E-state index contributed by atoms with van der Waals surface area (Å²) in [4.78, 5) is 7.78. The number of methoxy groups -OCH3 is 2. The maximum atomic E-state index is 13.9. The van der Waals surface area contributed by atoms with Crippen LogP contribution in [0.25, 0.3) is 11.3 Å². The van der Waals surface area contributed by atoms with Crippen molar-refractivity contribution in [2.45, 2.75) is 0 Å². The SMILES string of the molecule is COc1ccc(-c2ncnc(Cl)c2OC)c(F)c1. The first-order valence-corrected chi connectivity index (χ1v) is 5.43. The zero-order valence-corrected chi connectivity index (χ0v) is 10.5. The van der Waals surface area contributed by atoms with Gasteiger partial charge >= 0.3 is 0 Å². The van der Waals surface area contributed by atoms with Gasteiger partial charge in [-0.2, -0.15) is 0 Å². The molecule has 1 aromatic heterocycles. The second kappa shape index (κ2) is 5.18. The fraction of sp³-hybridized carbons (Fsp3) is 0.167. The first-order valence-electron chi connectivity index (χ1n) is 5.05. The predicted molar refractivity (Wildman–Crippen MR) is 65.5 cm³/mol. The number of nitrogens with zero attached hydrogens (tertiary/aromatic N) is 2. The molecule has 94 valence electrons. The molecule has 0 spiro atoms. The number of benzene rings is 1. The number of aromatic nitrogens is 2. The molecule has 1 heterocycles. The maximum absolute atomic E-state index is 13.9. The average molecular weight is 269 g/mol. The molecule has 0 atom stereocenters. The van der Waals surface area contributed by atoms with Crippen LogP contribution in [0.4, 0.5) is 4.39 Å². The van der Waals surface area contributed by atoms with Crippen molar-refractivity contribution < 1.29 is 13.9 Å². The van der Waals surface area contributed by atoms with Crippen LogP contribution in [0.1, 0.15) is 0 Å². The Hall–Kier alpha value is -1.88. The van der Waals surface area contributed by atoms with Gasteiger partial charge in [0.15, 0.2) is 10.9 Å². The monoisotopic (exact) mass is 268 g/mol. The molecular weight excluding hydrogens is 259 g/mol. The molecule has 0 saturated heterocycles. The molecule has 0 aliphatic heterocycles. The third-order valence-corrected chi connectivity index (χ3v) is 2.67. The molecule has 0 amide bonds. The highest BCUT2D eigenvalue weighted by Gasteiger charge is 2.16. The molecule has 0 unspecified atom stereocenters. The molecule has 0 bridgehead atoms. The van der Waals surface area contributed by atoms with E-state index >= 15 is 0 Å². The summed E-state index contributed by atoms with van der Waals surface area (Å²) in [6.07, 6.45) is 1.25. The quantitative estimate of drug-likeness (QED) is 0.803. The molecule has 0 aliphatic rings. The van der Waals surface area contributed by atoms with Crippen LogP contribution in [-0.2, 0) is 0 Å². The maximum Gasteiger partial charge on any atom is 0.182 e. The summed E-state index contributed by atoms with van der Waals surface area (Å²) >= 11 is 5.87. The van der Waals surface area contributed by atoms with E-state index in [0.717, 1.165) is 0 Å². The summed E-state index contributed by atoms with van der Waals surface area (Å²) in [7, 11) is 2.89. The molecule has 0 radical (unpaired) electrons. The number of hydrogen-bond donors (Lipinski definition) is 0. The van der Waals surface area contributed by atoms with E-state index in [1.54, 1.807) is 12.1 Å². The van der Waals surface area contributed by atoms with Gasteiger partial charge in [0, 0.05) is 11.6 Å². The molecule has 2 aromatic rings. The minimum absolute atomic E-state index is 0.137. The minimum Gasteiger partial charge on any atom is -0.497 e. The Bertz CT molecular complexity index is 578. The van der Waals surface area contributed by atoms with Crippen molar-refractivity contribution in [2.75, 3.05) is 14.2 Å². The second-order valence-electron chi connectivity index (χ2n) is 3.39. The van der Waals surface area contributed by atoms with Gasteiger partial charge < -0.3 is 9.47 Å². The Morgan fingerprint density at radius 3 is 2.56 bits per heavy atom. The minimum atomic E-state index is -0.470. The van der Waals surface area contributed by atoms with Crippen LogP contribution in [0.15, 0.2) is 24.5 Å². The van der Waals surface area contributed by atoms with E-state index in [-0.39, 0.29) is 16.5 Å². The van der Waals surface area contributed by atoms with Gasteiger partial charge in [0.05, 0.1) is 14.2 Å². The summed E-state index contributed by atoms with van der Waals surface area (Å²) < 4.78 is 24.0. The predicted octanol–water partition coefficient (Wildman–Crippen LogP) is 2.95. The zero-order valence-electron chi connectivity index (χ0n) is 9.78. The first kappa shape index (κ1) is 12.6. The molecular formula is C12H10ClFN2O2. The molecule has 6 heteroatoms. The van der Waals surface area contributed by atoms with Crippen LogP contribution in [0.5, 0.6) is 11.5 Å². The molecule has 2 rings (SSSR count). The van der Waals surface area contributed by atoms with E-state index in [2.05, 4.69) is 9.97 Å². The van der Waals surface area contributed by atoms with Crippen molar-refractivity contribution in [1.29, 1.82) is 0 Å². The van der Waals surface area contributed by atoms with E-state index in [1.807, 2.05) is 0 Å². The van der Waals surface area contributed by atoms with E-state index in [4.69, 9.17) is 21.1 Å². The Labute approximate surface area is 108 Å². The Morgan fingerprint density at radius 2 is 1.94 bits per heavy atom. The number of hydrogen-bond acceptors (Lipinski definition) is 4. The van der Waals surface area contributed by atoms with Crippen molar-refractivity contribution in [3.63, 3.8) is 0 Å². The van der Waals surface area contributed by atoms with Gasteiger partial charge in [0.25, 0.3) is 0 Å². The zero-order chi connectivity index (χ0) is 13.1. The van der Waals surface area contributed by atoms with Crippen LogP contribution in [0.3, 0.4) is 0 Å². The molecule has 0 saturated carbocycles. The van der Waals surface area contributed by atoms with E-state index in [9.17, 15) is 4.39 Å². The largest absolute Gasteiger partial charge is 0.497 e. The van der Waals surface area contributed by atoms with Crippen LogP contribution < -0.4 is 9.47 Å². The highest BCUT2D eigenvalue weighted by atomic mass is 35.5. The highest BCUT2D eigenvalue weighted by molar-refractivity contribution is 6.31. The topological polar surface area (TPSA) is 44.2 Å². The third kappa shape index (κ3) is 2.22. The van der Waals surface area contributed by atoms with Crippen molar-refractivity contribution >= 4 is 11.6 Å². The van der Waals surface area contributed by atoms with E-state index in [0.29, 0.717) is 11.4 Å². The lowest BCUT2D eigenvalue weighted by Gasteiger charge is -2.09. The summed E-state index contributed by atoms with van der Waals surface area (Å²) in [6, 6.07) is 4.45. The van der Waals surface area contributed by atoms with Gasteiger partial charge in [-0.3, -0.25) is 0 Å². The van der Waals surface area contributed by atoms with Crippen LogP contribution in [-0.4, -0.2) is 24.2 Å². The van der Waals surface area contributed by atoms with Crippen molar-refractivity contribution in [2.24, 2.45) is 0 Å². The van der Waals surface area contributed by atoms with Crippen molar-refractivity contribution in [3.8, 4) is 22.8 Å². The normalized spacial score (nSPS) is 10.2. The lowest BCUT2D eigenvalue weighted by atomic mass is 10.1. The molecule has 4 nitrogen and oxygen atoms in total. The molecule has 18 heavy (non-hydrogen) atoms. The van der Waals surface area contributed by atoms with Gasteiger partial charge in [-0.25, -0.2) is 14.4 Å². The smallest absolute Gasteiger partial charge is 0.182 e. The Balaban J connectivity index is 2.58. The number of rotatable bonds is 3. The van der Waals surface area contributed by atoms with Crippen LogP contribution in [0.2, 0.25) is 5.15 Å². The van der Waals surface area contributed by atoms with Gasteiger partial charge in [-0.15, -0.1) is 0 Å². The average Bonchev–Trinajstić information content (AvgIpc) is 2.38. The first-order chi connectivity index (χ1) is 8.67. The lowest BCUT2D eigenvalue weighted by Crippen LogP contribution is -1.96. The Kier molecular flexibility index (Phi) is 3.62. The van der Waals surface area contributed by atoms with Gasteiger partial charge in [0.2, 0.25) is 0 Å². The van der Waals surface area contributed by atoms with Gasteiger partial charge in [-0.1, -0.05) is 11.6 Å². The van der Waals surface area contributed by atoms with E-state index in [1.165, 1.54) is 26.6 Å². The fourth-order valence-electron chi connectivity index (χ4n) is 1.54. The van der Waals surface area contributed by atoms with Crippen LogP contribution >= 0.6 is 11.6 Å². The number of halogens is 2. The summed E-state index contributed by atoms with van der Waals surface area (Å²) in [6.45, 7) is 0. The summed E-state index contributed by atoms with van der Waals surface area (Å²) in [5.41, 5.74) is 0.578. The third-order valence-electron chi connectivity index (χ3n) is 2.40. The second-order valence-corrected chi connectivity index (χ2v) is 3.75. The van der Waals surface area contributed by atoms with Crippen molar-refractivity contribution in [3.05, 3.63) is 35.5 Å². The highest BCUT2D eigenvalue weighted by Crippen LogP contribution is 2.34. The fourth-order valence-corrected chi connectivity index (χ4v) is 1.75. The standard InChI is InChI=1S/C12H10ClFN2O2/c1-17-7-3-4-8(9(14)5-7)10-11(18-2)12(13)16-6-15-10/h3-6H,1-2H3. The molecule has 1 aromatic carbocycles.